The summed E-state index contributed by atoms with van der Waals surface area (Å²) in [6.07, 6.45) is 2.56. The molecule has 0 bridgehead atoms. The lowest BCUT2D eigenvalue weighted by Gasteiger charge is -2.33. The monoisotopic (exact) mass is 300 g/mol. The normalized spacial score (nSPS) is 18.4. The van der Waals surface area contributed by atoms with Crippen molar-refractivity contribution in [2.24, 2.45) is 0 Å². The molecule has 3 rings (SSSR count). The highest BCUT2D eigenvalue weighted by molar-refractivity contribution is 5.76. The Labute approximate surface area is 129 Å². The van der Waals surface area contributed by atoms with Crippen LogP contribution in [-0.4, -0.2) is 35.7 Å². The lowest BCUT2D eigenvalue weighted by molar-refractivity contribution is -0.139. The van der Waals surface area contributed by atoms with Gasteiger partial charge in [-0.1, -0.05) is 29.4 Å². The summed E-state index contributed by atoms with van der Waals surface area (Å²) in [7, 11) is 0. The molecule has 2 heterocycles. The molecule has 22 heavy (non-hydrogen) atoms. The van der Waals surface area contributed by atoms with Crippen molar-refractivity contribution in [3.05, 3.63) is 53.4 Å². The number of amides is 1. The van der Waals surface area contributed by atoms with Crippen molar-refractivity contribution in [2.45, 2.75) is 25.9 Å². The molecule has 5 heteroatoms. The fraction of sp³-hybridized carbons (Fsp3) is 0.412. The highest BCUT2D eigenvalue weighted by Gasteiger charge is 2.26. The molecule has 2 aromatic rings. The molecule has 0 aliphatic carbocycles. The summed E-state index contributed by atoms with van der Waals surface area (Å²) in [5.74, 6) is 0.143. The van der Waals surface area contributed by atoms with Crippen LogP contribution in [0.5, 0.6) is 0 Å². The molecule has 5 nitrogen and oxygen atoms in total. The van der Waals surface area contributed by atoms with Crippen LogP contribution in [0.3, 0.4) is 0 Å². The Bertz CT molecular complexity index is 625. The van der Waals surface area contributed by atoms with Crippen LogP contribution in [0.2, 0.25) is 0 Å². The van der Waals surface area contributed by atoms with E-state index in [2.05, 4.69) is 24.2 Å². The molecule has 0 spiro atoms. The summed E-state index contributed by atoms with van der Waals surface area (Å²) in [5, 5.41) is 3.84. The van der Waals surface area contributed by atoms with Crippen LogP contribution in [0.1, 0.15) is 29.3 Å². The van der Waals surface area contributed by atoms with Crippen LogP contribution in [-0.2, 0) is 16.0 Å². The zero-order valence-electron chi connectivity index (χ0n) is 12.7. The number of aromatic nitrogens is 1. The average molecular weight is 300 g/mol. The fourth-order valence-corrected chi connectivity index (χ4v) is 2.77. The largest absolute Gasteiger partial charge is 0.370 e. The molecule has 1 saturated heterocycles. The van der Waals surface area contributed by atoms with Crippen LogP contribution in [0, 0.1) is 6.92 Å². The second kappa shape index (κ2) is 6.75. The van der Waals surface area contributed by atoms with Gasteiger partial charge in [0.2, 0.25) is 5.91 Å². The smallest absolute Gasteiger partial charge is 0.223 e. The van der Waals surface area contributed by atoms with Crippen LogP contribution in [0.25, 0.3) is 0 Å². The molecular formula is C17H20N2O3. The van der Waals surface area contributed by atoms with Gasteiger partial charge in [0, 0.05) is 25.5 Å². The second-order valence-electron chi connectivity index (χ2n) is 5.55. The number of ether oxygens (including phenoxy) is 1. The zero-order chi connectivity index (χ0) is 15.4. The second-order valence-corrected chi connectivity index (χ2v) is 5.55. The van der Waals surface area contributed by atoms with Crippen molar-refractivity contribution in [3.63, 3.8) is 0 Å². The predicted octanol–water partition coefficient (Wildman–Crippen LogP) is 2.52. The Kier molecular flexibility index (Phi) is 4.53. The third-order valence-corrected chi connectivity index (χ3v) is 4.04. The first-order chi connectivity index (χ1) is 10.7. The number of benzene rings is 1. The molecule has 1 aromatic heterocycles. The lowest BCUT2D eigenvalue weighted by atomic mass is 10.0. The van der Waals surface area contributed by atoms with Crippen molar-refractivity contribution in [1.29, 1.82) is 0 Å². The third kappa shape index (κ3) is 3.36. The fourth-order valence-electron chi connectivity index (χ4n) is 2.77. The molecule has 1 unspecified atom stereocenters. The first kappa shape index (κ1) is 14.8. The maximum Gasteiger partial charge on any atom is 0.223 e. The molecule has 0 saturated carbocycles. The number of hydrogen-bond donors (Lipinski definition) is 0. The summed E-state index contributed by atoms with van der Waals surface area (Å²) >= 11 is 0. The van der Waals surface area contributed by atoms with Crippen molar-refractivity contribution < 1.29 is 14.1 Å². The van der Waals surface area contributed by atoms with E-state index in [0.29, 0.717) is 32.5 Å². The van der Waals surface area contributed by atoms with Gasteiger partial charge in [0.25, 0.3) is 0 Å². The van der Waals surface area contributed by atoms with Gasteiger partial charge in [-0.2, -0.15) is 0 Å². The minimum Gasteiger partial charge on any atom is -0.370 e. The Hall–Kier alpha value is -2.14. The SMILES string of the molecule is Cc1ccccc1C1CN(C(=O)CCc2ccon2)CCO1. The van der Waals surface area contributed by atoms with Gasteiger partial charge in [-0.05, 0) is 18.1 Å². The van der Waals surface area contributed by atoms with E-state index in [9.17, 15) is 4.79 Å². The number of aryl methyl sites for hydroxylation is 2. The summed E-state index contributed by atoms with van der Waals surface area (Å²) in [5.41, 5.74) is 3.18. The van der Waals surface area contributed by atoms with Crippen molar-refractivity contribution in [2.75, 3.05) is 19.7 Å². The van der Waals surface area contributed by atoms with Gasteiger partial charge in [0.1, 0.15) is 12.4 Å². The van der Waals surface area contributed by atoms with Crippen molar-refractivity contribution in [3.8, 4) is 0 Å². The minimum atomic E-state index is -0.0362. The predicted molar refractivity (Wildman–Crippen MR) is 81.3 cm³/mol. The van der Waals surface area contributed by atoms with Crippen LogP contribution in [0.15, 0.2) is 41.1 Å². The summed E-state index contributed by atoms with van der Waals surface area (Å²) in [6, 6.07) is 9.97. The summed E-state index contributed by atoms with van der Waals surface area (Å²) in [6.45, 7) is 3.92. The maximum atomic E-state index is 12.4. The van der Waals surface area contributed by atoms with E-state index in [-0.39, 0.29) is 12.0 Å². The van der Waals surface area contributed by atoms with E-state index in [4.69, 9.17) is 9.26 Å². The summed E-state index contributed by atoms with van der Waals surface area (Å²) < 4.78 is 10.6. The molecule has 1 aromatic carbocycles. The maximum absolute atomic E-state index is 12.4. The standard InChI is InChI=1S/C17H20N2O3/c1-13-4-2-3-5-15(13)16-12-19(9-11-21-16)17(20)7-6-14-8-10-22-18-14/h2-5,8,10,16H,6-7,9,11-12H2,1H3. The first-order valence-corrected chi connectivity index (χ1v) is 7.58. The highest BCUT2D eigenvalue weighted by Crippen LogP contribution is 2.25. The Morgan fingerprint density at radius 2 is 2.23 bits per heavy atom. The molecule has 1 amide bonds. The van der Waals surface area contributed by atoms with Crippen molar-refractivity contribution >= 4 is 5.91 Å². The molecule has 0 radical (unpaired) electrons. The van der Waals surface area contributed by atoms with Gasteiger partial charge >= 0.3 is 0 Å². The quantitative estimate of drug-likeness (QED) is 0.870. The van der Waals surface area contributed by atoms with E-state index in [1.165, 1.54) is 11.8 Å². The Morgan fingerprint density at radius 3 is 3.00 bits per heavy atom. The van der Waals surface area contributed by atoms with Gasteiger partial charge in [-0.15, -0.1) is 0 Å². The van der Waals surface area contributed by atoms with Crippen LogP contribution < -0.4 is 0 Å². The van der Waals surface area contributed by atoms with E-state index >= 15 is 0 Å². The Balaban J connectivity index is 1.60. The van der Waals surface area contributed by atoms with Gasteiger partial charge in [0.05, 0.1) is 18.8 Å². The molecule has 116 valence electrons. The number of rotatable bonds is 4. The molecule has 1 fully saturated rings. The van der Waals surface area contributed by atoms with Gasteiger partial charge in [0.15, 0.2) is 0 Å². The van der Waals surface area contributed by atoms with Gasteiger partial charge in [-0.3, -0.25) is 4.79 Å². The zero-order valence-corrected chi connectivity index (χ0v) is 12.7. The molecule has 1 atom stereocenters. The minimum absolute atomic E-state index is 0.0362. The van der Waals surface area contributed by atoms with Crippen LogP contribution in [0.4, 0.5) is 0 Å². The lowest BCUT2D eigenvalue weighted by Crippen LogP contribution is -2.42. The highest BCUT2D eigenvalue weighted by atomic mass is 16.5. The van der Waals surface area contributed by atoms with Crippen molar-refractivity contribution in [1.82, 2.24) is 10.1 Å². The molecule has 0 N–H and O–H groups in total. The molecule has 1 aliphatic heterocycles. The van der Waals surface area contributed by atoms with E-state index in [0.717, 1.165) is 11.3 Å². The topological polar surface area (TPSA) is 55.6 Å². The average Bonchev–Trinajstić information content (AvgIpc) is 3.06. The van der Waals surface area contributed by atoms with Gasteiger partial charge < -0.3 is 14.2 Å². The third-order valence-electron chi connectivity index (χ3n) is 4.04. The number of carbonyl (C=O) groups excluding carboxylic acids is 1. The summed E-state index contributed by atoms with van der Waals surface area (Å²) in [4.78, 5) is 14.3. The van der Waals surface area contributed by atoms with Gasteiger partial charge in [-0.25, -0.2) is 0 Å². The van der Waals surface area contributed by atoms with E-state index in [1.54, 1.807) is 6.07 Å². The molecular weight excluding hydrogens is 280 g/mol. The first-order valence-electron chi connectivity index (χ1n) is 7.58. The van der Waals surface area contributed by atoms with E-state index < -0.39 is 0 Å². The number of hydrogen-bond acceptors (Lipinski definition) is 4. The Morgan fingerprint density at radius 1 is 1.36 bits per heavy atom. The number of carbonyl (C=O) groups is 1. The number of nitrogens with zero attached hydrogens (tertiary/aromatic N) is 2. The number of morpholine rings is 1. The van der Waals surface area contributed by atoms with Crippen LogP contribution >= 0.6 is 0 Å². The molecule has 1 aliphatic rings. The van der Waals surface area contributed by atoms with E-state index in [1.807, 2.05) is 17.0 Å².